The number of nitrogens with zero attached hydrogens (tertiary/aromatic N) is 1. The summed E-state index contributed by atoms with van der Waals surface area (Å²) in [4.78, 5) is 28.4. The number of aromatic nitrogens is 1. The molecule has 0 fully saturated rings. The molecule has 25 heavy (non-hydrogen) atoms. The maximum Gasteiger partial charge on any atom is 0.270 e. The first-order valence-corrected chi connectivity index (χ1v) is 8.17. The summed E-state index contributed by atoms with van der Waals surface area (Å²) in [7, 11) is 1.62. The first kappa shape index (κ1) is 18.6. The molecule has 1 aromatic carbocycles. The standard InChI is InChI=1S/C19H23N3O3/c1-14-6-3-4-7-16(14)13-22-19(24)17-12-15(8-10-20-17)18(23)21-9-5-11-25-2/h3-4,6-8,10,12H,5,9,11,13H2,1-2H3,(H,21,23)(H,22,24). The van der Waals surface area contributed by atoms with Gasteiger partial charge in [0.25, 0.3) is 11.8 Å². The molecule has 0 radical (unpaired) electrons. The summed E-state index contributed by atoms with van der Waals surface area (Å²) in [6.45, 7) is 3.52. The lowest BCUT2D eigenvalue weighted by molar-refractivity contribution is 0.0946. The SMILES string of the molecule is COCCCNC(=O)c1ccnc(C(=O)NCc2ccccc2C)c1. The van der Waals surface area contributed by atoms with E-state index in [4.69, 9.17) is 4.74 Å². The fourth-order valence-corrected chi connectivity index (χ4v) is 2.29. The Kier molecular flexibility index (Phi) is 7.10. The maximum atomic E-state index is 12.3. The van der Waals surface area contributed by atoms with Crippen LogP contribution in [0.2, 0.25) is 0 Å². The number of ether oxygens (including phenoxy) is 1. The van der Waals surface area contributed by atoms with Crippen LogP contribution in [-0.4, -0.2) is 37.1 Å². The summed E-state index contributed by atoms with van der Waals surface area (Å²) in [5.74, 6) is -0.538. The second-order valence-electron chi connectivity index (χ2n) is 5.64. The van der Waals surface area contributed by atoms with Crippen molar-refractivity contribution < 1.29 is 14.3 Å². The molecule has 1 aromatic heterocycles. The Morgan fingerprint density at radius 3 is 2.68 bits per heavy atom. The van der Waals surface area contributed by atoms with Crippen molar-refractivity contribution in [1.82, 2.24) is 15.6 Å². The topological polar surface area (TPSA) is 80.3 Å². The number of carbonyl (C=O) groups excluding carboxylic acids is 2. The van der Waals surface area contributed by atoms with E-state index in [0.717, 1.165) is 17.5 Å². The largest absolute Gasteiger partial charge is 0.385 e. The van der Waals surface area contributed by atoms with Crippen LogP contribution in [0.1, 0.15) is 38.4 Å². The first-order chi connectivity index (χ1) is 12.1. The molecular formula is C19H23N3O3. The van der Waals surface area contributed by atoms with Crippen LogP contribution in [0.15, 0.2) is 42.6 Å². The number of aryl methyl sites for hydroxylation is 1. The van der Waals surface area contributed by atoms with Crippen molar-refractivity contribution in [2.24, 2.45) is 0 Å². The van der Waals surface area contributed by atoms with Crippen LogP contribution in [0, 0.1) is 6.92 Å². The number of amides is 2. The quantitative estimate of drug-likeness (QED) is 0.721. The number of pyridine rings is 1. The second-order valence-corrected chi connectivity index (χ2v) is 5.64. The molecule has 2 aromatic rings. The zero-order valence-electron chi connectivity index (χ0n) is 14.5. The normalized spacial score (nSPS) is 10.3. The van der Waals surface area contributed by atoms with Crippen LogP contribution in [0.4, 0.5) is 0 Å². The molecule has 0 aliphatic carbocycles. The highest BCUT2D eigenvalue weighted by molar-refractivity contribution is 5.98. The molecule has 2 rings (SSSR count). The summed E-state index contributed by atoms with van der Waals surface area (Å²) < 4.78 is 4.94. The summed E-state index contributed by atoms with van der Waals surface area (Å²) in [6, 6.07) is 10.9. The third kappa shape index (κ3) is 5.69. The van der Waals surface area contributed by atoms with Crippen LogP contribution in [0.5, 0.6) is 0 Å². The van der Waals surface area contributed by atoms with E-state index in [9.17, 15) is 9.59 Å². The van der Waals surface area contributed by atoms with Crippen LogP contribution in [0.25, 0.3) is 0 Å². The van der Waals surface area contributed by atoms with Crippen molar-refractivity contribution in [2.45, 2.75) is 19.9 Å². The van der Waals surface area contributed by atoms with Crippen molar-refractivity contribution in [3.05, 3.63) is 65.0 Å². The molecule has 2 N–H and O–H groups in total. The van der Waals surface area contributed by atoms with E-state index in [1.54, 1.807) is 13.2 Å². The van der Waals surface area contributed by atoms with Crippen molar-refractivity contribution in [3.8, 4) is 0 Å². The highest BCUT2D eigenvalue weighted by Crippen LogP contribution is 2.07. The molecule has 132 valence electrons. The van der Waals surface area contributed by atoms with E-state index in [0.29, 0.717) is 25.3 Å². The zero-order valence-corrected chi connectivity index (χ0v) is 14.5. The molecule has 0 saturated carbocycles. The molecule has 0 aliphatic heterocycles. The number of benzene rings is 1. The molecular weight excluding hydrogens is 318 g/mol. The lowest BCUT2D eigenvalue weighted by atomic mass is 10.1. The predicted octanol–water partition coefficient (Wildman–Crippen LogP) is 2.09. The highest BCUT2D eigenvalue weighted by atomic mass is 16.5. The molecule has 0 bridgehead atoms. The Morgan fingerprint density at radius 2 is 1.92 bits per heavy atom. The first-order valence-electron chi connectivity index (χ1n) is 8.17. The van der Waals surface area contributed by atoms with E-state index in [2.05, 4.69) is 15.6 Å². The van der Waals surface area contributed by atoms with Gasteiger partial charge in [0.15, 0.2) is 0 Å². The van der Waals surface area contributed by atoms with Gasteiger partial charge < -0.3 is 15.4 Å². The van der Waals surface area contributed by atoms with Crippen molar-refractivity contribution >= 4 is 11.8 Å². The molecule has 0 aliphatic rings. The molecule has 0 unspecified atom stereocenters. The lowest BCUT2D eigenvalue weighted by Gasteiger charge is -2.09. The number of rotatable bonds is 8. The summed E-state index contributed by atoms with van der Waals surface area (Å²) in [5.41, 5.74) is 2.79. The minimum absolute atomic E-state index is 0.220. The Hall–Kier alpha value is -2.73. The molecule has 0 spiro atoms. The predicted molar refractivity (Wildman–Crippen MR) is 95.4 cm³/mol. The minimum atomic E-state index is -0.308. The summed E-state index contributed by atoms with van der Waals surface area (Å²) in [6.07, 6.45) is 2.20. The Bertz CT molecular complexity index is 731. The number of nitrogens with one attached hydrogen (secondary N) is 2. The Morgan fingerprint density at radius 1 is 1.12 bits per heavy atom. The van der Waals surface area contributed by atoms with E-state index < -0.39 is 0 Å². The van der Waals surface area contributed by atoms with Gasteiger partial charge in [-0.3, -0.25) is 14.6 Å². The van der Waals surface area contributed by atoms with Gasteiger partial charge in [-0.1, -0.05) is 24.3 Å². The summed E-state index contributed by atoms with van der Waals surface area (Å²) in [5, 5.41) is 5.62. The number of methoxy groups -OCH3 is 1. The minimum Gasteiger partial charge on any atom is -0.385 e. The zero-order chi connectivity index (χ0) is 18.1. The molecule has 0 atom stereocenters. The van der Waals surface area contributed by atoms with Crippen LogP contribution >= 0.6 is 0 Å². The fourth-order valence-electron chi connectivity index (χ4n) is 2.29. The van der Waals surface area contributed by atoms with E-state index in [-0.39, 0.29) is 17.5 Å². The number of hydrogen-bond donors (Lipinski definition) is 2. The molecule has 6 nitrogen and oxygen atoms in total. The number of carbonyl (C=O) groups is 2. The van der Waals surface area contributed by atoms with Gasteiger partial charge in [0.1, 0.15) is 5.69 Å². The van der Waals surface area contributed by atoms with Gasteiger partial charge in [-0.25, -0.2) is 0 Å². The molecule has 0 saturated heterocycles. The average Bonchev–Trinajstić information content (AvgIpc) is 2.64. The smallest absolute Gasteiger partial charge is 0.270 e. The fraction of sp³-hybridized carbons (Fsp3) is 0.316. The van der Waals surface area contributed by atoms with E-state index in [1.165, 1.54) is 12.3 Å². The van der Waals surface area contributed by atoms with Gasteiger partial charge >= 0.3 is 0 Å². The van der Waals surface area contributed by atoms with Gasteiger partial charge in [0, 0.05) is 38.6 Å². The Labute approximate surface area is 147 Å². The van der Waals surface area contributed by atoms with Crippen LogP contribution in [0.3, 0.4) is 0 Å². The summed E-state index contributed by atoms with van der Waals surface area (Å²) >= 11 is 0. The van der Waals surface area contributed by atoms with Crippen LogP contribution in [-0.2, 0) is 11.3 Å². The third-order valence-corrected chi connectivity index (χ3v) is 3.77. The molecule has 2 amide bonds. The van der Waals surface area contributed by atoms with Crippen LogP contribution < -0.4 is 10.6 Å². The van der Waals surface area contributed by atoms with Crippen molar-refractivity contribution in [1.29, 1.82) is 0 Å². The molecule has 6 heteroatoms. The second kappa shape index (κ2) is 9.54. The van der Waals surface area contributed by atoms with E-state index >= 15 is 0 Å². The van der Waals surface area contributed by atoms with Gasteiger partial charge in [-0.05, 0) is 36.6 Å². The lowest BCUT2D eigenvalue weighted by Crippen LogP contribution is -2.27. The van der Waals surface area contributed by atoms with Gasteiger partial charge in [0.2, 0.25) is 0 Å². The van der Waals surface area contributed by atoms with Crippen molar-refractivity contribution in [3.63, 3.8) is 0 Å². The third-order valence-electron chi connectivity index (χ3n) is 3.77. The van der Waals surface area contributed by atoms with Gasteiger partial charge in [-0.15, -0.1) is 0 Å². The number of hydrogen-bond acceptors (Lipinski definition) is 4. The average molecular weight is 341 g/mol. The Balaban J connectivity index is 1.94. The monoisotopic (exact) mass is 341 g/mol. The van der Waals surface area contributed by atoms with E-state index in [1.807, 2.05) is 31.2 Å². The maximum absolute atomic E-state index is 12.3. The van der Waals surface area contributed by atoms with Gasteiger partial charge in [-0.2, -0.15) is 0 Å². The van der Waals surface area contributed by atoms with Gasteiger partial charge in [0.05, 0.1) is 0 Å². The molecule has 1 heterocycles. The highest BCUT2D eigenvalue weighted by Gasteiger charge is 2.11. The van der Waals surface area contributed by atoms with Crippen molar-refractivity contribution in [2.75, 3.05) is 20.3 Å².